The Morgan fingerprint density at radius 3 is 2.83 bits per heavy atom. The van der Waals surface area contributed by atoms with Crippen LogP contribution >= 0.6 is 0 Å². The van der Waals surface area contributed by atoms with Crippen molar-refractivity contribution in [3.63, 3.8) is 0 Å². The summed E-state index contributed by atoms with van der Waals surface area (Å²) in [6.45, 7) is 6.02. The van der Waals surface area contributed by atoms with Crippen molar-refractivity contribution < 1.29 is 14.4 Å². The first kappa shape index (κ1) is 20.4. The number of nitrogens with two attached hydrogens (primary N) is 1. The highest BCUT2D eigenvalue weighted by Crippen LogP contribution is 2.38. The molecule has 0 spiro atoms. The normalized spacial score (nSPS) is 16.6. The number of aromatic nitrogens is 2. The maximum Gasteiger partial charge on any atom is 0.258 e. The van der Waals surface area contributed by atoms with Gasteiger partial charge in [0.05, 0.1) is 18.4 Å². The Labute approximate surface area is 176 Å². The molecule has 30 heavy (non-hydrogen) atoms. The molecule has 7 heteroatoms. The molecule has 2 aromatic carbocycles. The van der Waals surface area contributed by atoms with E-state index in [9.17, 15) is 5.11 Å². The van der Waals surface area contributed by atoms with E-state index in [4.69, 9.17) is 15.0 Å². The molecule has 0 radical (unpaired) electrons. The van der Waals surface area contributed by atoms with Gasteiger partial charge in [-0.3, -0.25) is 0 Å². The van der Waals surface area contributed by atoms with Gasteiger partial charge in [0.1, 0.15) is 5.75 Å². The molecule has 1 heterocycles. The topological polar surface area (TPSA) is 106 Å². The van der Waals surface area contributed by atoms with Crippen molar-refractivity contribution >= 4 is 5.69 Å². The zero-order chi connectivity index (χ0) is 21.3. The second kappa shape index (κ2) is 8.45. The van der Waals surface area contributed by atoms with Crippen LogP contribution in [0.2, 0.25) is 0 Å². The Hall–Kier alpha value is -2.90. The molecule has 0 fully saturated rings. The van der Waals surface area contributed by atoms with Gasteiger partial charge in [-0.1, -0.05) is 23.4 Å². The van der Waals surface area contributed by atoms with E-state index >= 15 is 0 Å². The lowest BCUT2D eigenvalue weighted by atomic mass is 10.0. The monoisotopic (exact) mass is 408 g/mol. The highest BCUT2D eigenvalue weighted by Gasteiger charge is 2.27. The molecule has 0 saturated heterocycles. The van der Waals surface area contributed by atoms with Crippen LogP contribution in [-0.4, -0.2) is 34.0 Å². The fourth-order valence-electron chi connectivity index (χ4n) is 3.93. The molecule has 2 atom stereocenters. The molecule has 158 valence electrons. The lowest BCUT2D eigenvalue weighted by Crippen LogP contribution is -2.32. The second-order valence-corrected chi connectivity index (χ2v) is 8.06. The number of aliphatic hydroxyl groups is 1. The van der Waals surface area contributed by atoms with E-state index in [1.165, 1.54) is 11.1 Å². The molecule has 0 saturated carbocycles. The Bertz CT molecular complexity index is 1030. The molecule has 7 nitrogen and oxygen atoms in total. The predicted octanol–water partition coefficient (Wildman–Crippen LogP) is 3.73. The third-order valence-electron chi connectivity index (χ3n) is 5.32. The van der Waals surface area contributed by atoms with Gasteiger partial charge in [-0.25, -0.2) is 0 Å². The summed E-state index contributed by atoms with van der Waals surface area (Å²) in [5.74, 6) is 1.63. The van der Waals surface area contributed by atoms with Crippen LogP contribution in [0.5, 0.6) is 5.75 Å². The summed E-state index contributed by atoms with van der Waals surface area (Å²) in [6.07, 6.45) is 1.96. The van der Waals surface area contributed by atoms with E-state index in [2.05, 4.69) is 21.5 Å². The van der Waals surface area contributed by atoms with Crippen molar-refractivity contribution in [1.82, 2.24) is 15.5 Å². The van der Waals surface area contributed by atoms with Gasteiger partial charge in [-0.2, -0.15) is 4.98 Å². The number of hydrogen-bond donors (Lipinski definition) is 3. The molecule has 0 amide bonds. The maximum atomic E-state index is 9.35. The van der Waals surface area contributed by atoms with E-state index in [0.29, 0.717) is 23.2 Å². The van der Waals surface area contributed by atoms with Gasteiger partial charge in [0.15, 0.2) is 0 Å². The van der Waals surface area contributed by atoms with E-state index < -0.39 is 0 Å². The van der Waals surface area contributed by atoms with E-state index in [1.54, 1.807) is 6.07 Å². The molecule has 1 aromatic heterocycles. The quantitative estimate of drug-likeness (QED) is 0.511. The van der Waals surface area contributed by atoms with Crippen LogP contribution in [0.25, 0.3) is 22.8 Å². The van der Waals surface area contributed by atoms with Crippen molar-refractivity contribution in [3.05, 3.63) is 47.5 Å². The molecule has 0 bridgehead atoms. The molecule has 4 N–H and O–H groups in total. The molecule has 3 aromatic rings. The van der Waals surface area contributed by atoms with Gasteiger partial charge in [0, 0.05) is 23.2 Å². The van der Waals surface area contributed by atoms with Crippen molar-refractivity contribution in [2.45, 2.75) is 51.8 Å². The molecule has 4 rings (SSSR count). The minimum absolute atomic E-state index is 0.0482. The Morgan fingerprint density at radius 1 is 1.27 bits per heavy atom. The van der Waals surface area contributed by atoms with Crippen LogP contribution in [0.3, 0.4) is 0 Å². The highest BCUT2D eigenvalue weighted by atomic mass is 16.5. The average molecular weight is 409 g/mol. The molecule has 1 aliphatic rings. The number of anilines is 1. The molecular weight excluding hydrogens is 380 g/mol. The lowest BCUT2D eigenvalue weighted by Gasteiger charge is -2.18. The summed E-state index contributed by atoms with van der Waals surface area (Å²) in [5.41, 5.74) is 10.9. The summed E-state index contributed by atoms with van der Waals surface area (Å²) in [7, 11) is 0. The third kappa shape index (κ3) is 4.04. The number of aliphatic hydroxyl groups excluding tert-OH is 1. The van der Waals surface area contributed by atoms with Crippen LogP contribution in [0.15, 0.2) is 40.9 Å². The van der Waals surface area contributed by atoms with Gasteiger partial charge in [-0.05, 0) is 62.9 Å². The third-order valence-corrected chi connectivity index (χ3v) is 5.32. The van der Waals surface area contributed by atoms with Gasteiger partial charge < -0.3 is 25.4 Å². The van der Waals surface area contributed by atoms with Crippen LogP contribution in [-0.2, 0) is 6.42 Å². The van der Waals surface area contributed by atoms with Gasteiger partial charge in [0.2, 0.25) is 5.82 Å². The van der Waals surface area contributed by atoms with Crippen molar-refractivity contribution in [3.8, 4) is 28.6 Å². The van der Waals surface area contributed by atoms with E-state index in [1.807, 2.05) is 45.0 Å². The van der Waals surface area contributed by atoms with Crippen LogP contribution in [0.1, 0.15) is 44.4 Å². The van der Waals surface area contributed by atoms with Crippen LogP contribution < -0.4 is 15.8 Å². The number of nitrogen functional groups attached to an aromatic ring is 1. The van der Waals surface area contributed by atoms with E-state index in [0.717, 1.165) is 24.0 Å². The Morgan fingerprint density at radius 2 is 2.10 bits per heavy atom. The predicted molar refractivity (Wildman–Crippen MR) is 116 cm³/mol. The first-order chi connectivity index (χ1) is 14.5. The van der Waals surface area contributed by atoms with Crippen molar-refractivity contribution in [2.75, 3.05) is 12.3 Å². The first-order valence-electron chi connectivity index (χ1n) is 10.4. The molecule has 1 aliphatic carbocycles. The second-order valence-electron chi connectivity index (χ2n) is 8.06. The number of rotatable bonds is 7. The fraction of sp³-hybridized carbons (Fsp3) is 0.391. The lowest BCUT2D eigenvalue weighted by molar-refractivity contribution is 0.240. The first-order valence-corrected chi connectivity index (χ1v) is 10.4. The number of ether oxygens (including phenoxy) is 1. The number of hydrogen-bond acceptors (Lipinski definition) is 7. The minimum atomic E-state index is 0.0482. The summed E-state index contributed by atoms with van der Waals surface area (Å²) in [5, 5.41) is 17.1. The zero-order valence-corrected chi connectivity index (χ0v) is 17.6. The zero-order valence-electron chi connectivity index (χ0n) is 17.6. The van der Waals surface area contributed by atoms with Gasteiger partial charge in [-0.15, -0.1) is 0 Å². The number of benzene rings is 2. The highest BCUT2D eigenvalue weighted by molar-refractivity contribution is 5.69. The van der Waals surface area contributed by atoms with Crippen molar-refractivity contribution in [1.29, 1.82) is 0 Å². The molecule has 0 unspecified atom stereocenters. The molecule has 0 aliphatic heterocycles. The average Bonchev–Trinajstić information content (AvgIpc) is 3.37. The number of fused-ring (bicyclic) bond motifs is 1. The SMILES string of the molecule is CC(C)Oc1ccc(-c2nc(-c3cccc4c3CC[C@@H]4N[C@@H](C)CO)no2)cc1N. The van der Waals surface area contributed by atoms with Gasteiger partial charge in [0.25, 0.3) is 5.89 Å². The van der Waals surface area contributed by atoms with Crippen LogP contribution in [0.4, 0.5) is 5.69 Å². The summed E-state index contributed by atoms with van der Waals surface area (Å²) < 4.78 is 11.2. The summed E-state index contributed by atoms with van der Waals surface area (Å²) in [6, 6.07) is 11.9. The maximum absolute atomic E-state index is 9.35. The Kier molecular flexibility index (Phi) is 5.74. The number of nitrogens with one attached hydrogen (secondary N) is 1. The standard InChI is InChI=1S/C23H28N4O3/c1-13(2)29-21-10-7-15(11-19(21)24)23-26-22(27-30-23)18-6-4-5-17-16(18)8-9-20(17)25-14(3)12-28/h4-7,10-11,13-14,20,25,28H,8-9,12,24H2,1-3H3/t14-,20-/m0/s1. The largest absolute Gasteiger partial charge is 0.489 e. The van der Waals surface area contributed by atoms with Gasteiger partial charge >= 0.3 is 0 Å². The van der Waals surface area contributed by atoms with Crippen LogP contribution in [0, 0.1) is 0 Å². The fourth-order valence-corrected chi connectivity index (χ4v) is 3.93. The minimum Gasteiger partial charge on any atom is -0.489 e. The summed E-state index contributed by atoms with van der Waals surface area (Å²) >= 11 is 0. The Balaban J connectivity index is 1.61. The van der Waals surface area contributed by atoms with E-state index in [-0.39, 0.29) is 24.8 Å². The molecular formula is C23H28N4O3. The number of nitrogens with zero attached hydrogens (tertiary/aromatic N) is 2. The smallest absolute Gasteiger partial charge is 0.258 e. The van der Waals surface area contributed by atoms with Crippen molar-refractivity contribution in [2.24, 2.45) is 0 Å². The summed E-state index contributed by atoms with van der Waals surface area (Å²) in [4.78, 5) is 4.63.